The van der Waals surface area contributed by atoms with Crippen molar-refractivity contribution in [2.24, 2.45) is 0 Å². The molecular formula is C17H15BrClN3. The molecule has 1 heterocycles. The summed E-state index contributed by atoms with van der Waals surface area (Å²) in [5.74, 6) is 1.58. The standard InChI is InChI=1S/C17H15BrClN3/c1-10(12-4-3-5-14(19)8-12)20-17-15-7-6-13(18)9-16(15)21-11(2)22-17/h3-10H,1-2H3,(H,20,21,22)/t10-/m1/s1. The molecule has 3 nitrogen and oxygen atoms in total. The number of aromatic nitrogens is 2. The van der Waals surface area contributed by atoms with Crippen molar-refractivity contribution in [2.75, 3.05) is 5.32 Å². The van der Waals surface area contributed by atoms with Crippen LogP contribution in [0.4, 0.5) is 5.82 Å². The molecule has 112 valence electrons. The summed E-state index contributed by atoms with van der Waals surface area (Å²) in [7, 11) is 0. The lowest BCUT2D eigenvalue weighted by atomic mass is 10.1. The van der Waals surface area contributed by atoms with Gasteiger partial charge in [-0.05, 0) is 49.7 Å². The number of aryl methyl sites for hydroxylation is 1. The second kappa shape index (κ2) is 6.23. The van der Waals surface area contributed by atoms with Crippen LogP contribution in [0.1, 0.15) is 24.4 Å². The Hall–Kier alpha value is -1.65. The van der Waals surface area contributed by atoms with Crippen molar-refractivity contribution < 1.29 is 0 Å². The summed E-state index contributed by atoms with van der Waals surface area (Å²) in [6.45, 7) is 3.99. The number of halogens is 2. The van der Waals surface area contributed by atoms with Crippen LogP contribution >= 0.6 is 27.5 Å². The van der Waals surface area contributed by atoms with Gasteiger partial charge in [0.05, 0.1) is 11.6 Å². The average Bonchev–Trinajstić information content (AvgIpc) is 2.46. The number of benzene rings is 2. The fourth-order valence-electron chi connectivity index (χ4n) is 2.39. The van der Waals surface area contributed by atoms with Crippen LogP contribution in [0.3, 0.4) is 0 Å². The predicted octanol–water partition coefficient (Wildman–Crippen LogP) is 5.53. The monoisotopic (exact) mass is 375 g/mol. The van der Waals surface area contributed by atoms with Gasteiger partial charge in [-0.3, -0.25) is 0 Å². The molecule has 0 radical (unpaired) electrons. The minimum Gasteiger partial charge on any atom is -0.363 e. The van der Waals surface area contributed by atoms with Crippen LogP contribution in [-0.4, -0.2) is 9.97 Å². The molecule has 1 N–H and O–H groups in total. The quantitative estimate of drug-likeness (QED) is 0.653. The fourth-order valence-corrected chi connectivity index (χ4v) is 2.94. The zero-order valence-electron chi connectivity index (χ0n) is 12.3. The highest BCUT2D eigenvalue weighted by Gasteiger charge is 2.11. The Morgan fingerprint density at radius 3 is 2.73 bits per heavy atom. The van der Waals surface area contributed by atoms with Crippen molar-refractivity contribution in [2.45, 2.75) is 19.9 Å². The molecule has 0 amide bonds. The zero-order chi connectivity index (χ0) is 15.7. The van der Waals surface area contributed by atoms with Crippen molar-refractivity contribution in [3.8, 4) is 0 Å². The first-order valence-electron chi connectivity index (χ1n) is 6.99. The van der Waals surface area contributed by atoms with E-state index in [1.165, 1.54) is 0 Å². The van der Waals surface area contributed by atoms with Crippen LogP contribution in [0.15, 0.2) is 46.9 Å². The Bertz CT molecular complexity index is 830. The summed E-state index contributed by atoms with van der Waals surface area (Å²) < 4.78 is 1.01. The number of rotatable bonds is 3. The predicted molar refractivity (Wildman–Crippen MR) is 95.5 cm³/mol. The molecule has 5 heteroatoms. The molecule has 0 aliphatic rings. The van der Waals surface area contributed by atoms with Gasteiger partial charge in [0.25, 0.3) is 0 Å². The highest BCUT2D eigenvalue weighted by atomic mass is 79.9. The lowest BCUT2D eigenvalue weighted by Gasteiger charge is -2.17. The topological polar surface area (TPSA) is 37.8 Å². The van der Waals surface area contributed by atoms with Crippen molar-refractivity contribution in [3.63, 3.8) is 0 Å². The van der Waals surface area contributed by atoms with E-state index in [0.29, 0.717) is 0 Å². The molecule has 0 fully saturated rings. The summed E-state index contributed by atoms with van der Waals surface area (Å²) in [6.07, 6.45) is 0. The number of nitrogens with zero attached hydrogens (tertiary/aromatic N) is 2. The molecule has 0 bridgehead atoms. The van der Waals surface area contributed by atoms with Crippen LogP contribution in [-0.2, 0) is 0 Å². The van der Waals surface area contributed by atoms with E-state index in [0.717, 1.165) is 37.6 Å². The first-order chi connectivity index (χ1) is 10.5. The lowest BCUT2D eigenvalue weighted by molar-refractivity contribution is 0.872. The second-order valence-corrected chi connectivity index (χ2v) is 6.55. The van der Waals surface area contributed by atoms with E-state index in [4.69, 9.17) is 11.6 Å². The second-order valence-electron chi connectivity index (χ2n) is 5.20. The molecule has 0 saturated heterocycles. The van der Waals surface area contributed by atoms with Crippen LogP contribution in [0.2, 0.25) is 5.02 Å². The van der Waals surface area contributed by atoms with Gasteiger partial charge in [0.2, 0.25) is 0 Å². The molecular weight excluding hydrogens is 362 g/mol. The Morgan fingerprint density at radius 1 is 1.14 bits per heavy atom. The van der Waals surface area contributed by atoms with Gasteiger partial charge in [-0.2, -0.15) is 0 Å². The third-order valence-corrected chi connectivity index (χ3v) is 4.20. The van der Waals surface area contributed by atoms with E-state index in [1.807, 2.05) is 43.3 Å². The minimum absolute atomic E-state index is 0.0971. The average molecular weight is 377 g/mol. The normalized spacial score (nSPS) is 12.4. The molecule has 2 aromatic carbocycles. The first-order valence-corrected chi connectivity index (χ1v) is 8.16. The molecule has 3 aromatic rings. The molecule has 0 saturated carbocycles. The van der Waals surface area contributed by atoms with Crippen molar-refractivity contribution >= 4 is 44.3 Å². The van der Waals surface area contributed by atoms with Crippen molar-refractivity contribution in [1.82, 2.24) is 9.97 Å². The highest BCUT2D eigenvalue weighted by molar-refractivity contribution is 9.10. The molecule has 1 atom stereocenters. The van der Waals surface area contributed by atoms with E-state index in [9.17, 15) is 0 Å². The zero-order valence-corrected chi connectivity index (χ0v) is 14.6. The SMILES string of the molecule is Cc1nc(N[C@H](C)c2cccc(Cl)c2)c2ccc(Br)cc2n1. The van der Waals surface area contributed by atoms with Crippen LogP contribution in [0, 0.1) is 6.92 Å². The van der Waals surface area contributed by atoms with Gasteiger partial charge < -0.3 is 5.32 Å². The first kappa shape index (κ1) is 15.3. The molecule has 0 unspecified atom stereocenters. The van der Waals surface area contributed by atoms with E-state index >= 15 is 0 Å². The van der Waals surface area contributed by atoms with Crippen molar-refractivity contribution in [3.05, 3.63) is 63.3 Å². The van der Waals surface area contributed by atoms with E-state index in [1.54, 1.807) is 0 Å². The van der Waals surface area contributed by atoms with Crippen LogP contribution < -0.4 is 5.32 Å². The maximum atomic E-state index is 6.07. The largest absolute Gasteiger partial charge is 0.363 e. The smallest absolute Gasteiger partial charge is 0.138 e. The summed E-state index contributed by atoms with van der Waals surface area (Å²) in [5.41, 5.74) is 2.04. The number of hydrogen-bond donors (Lipinski definition) is 1. The molecule has 22 heavy (non-hydrogen) atoms. The van der Waals surface area contributed by atoms with Gasteiger partial charge in [-0.1, -0.05) is 39.7 Å². The van der Waals surface area contributed by atoms with Crippen LogP contribution in [0.25, 0.3) is 10.9 Å². The van der Waals surface area contributed by atoms with Gasteiger partial charge in [0.1, 0.15) is 11.6 Å². The maximum absolute atomic E-state index is 6.07. The van der Waals surface area contributed by atoms with E-state index < -0.39 is 0 Å². The van der Waals surface area contributed by atoms with Gasteiger partial charge >= 0.3 is 0 Å². The van der Waals surface area contributed by atoms with Crippen molar-refractivity contribution in [1.29, 1.82) is 0 Å². The summed E-state index contributed by atoms with van der Waals surface area (Å²) in [5, 5.41) is 5.20. The number of fused-ring (bicyclic) bond motifs is 1. The fraction of sp³-hybridized carbons (Fsp3) is 0.176. The third-order valence-electron chi connectivity index (χ3n) is 3.47. The summed E-state index contributed by atoms with van der Waals surface area (Å²) in [4.78, 5) is 9.04. The molecule has 3 rings (SSSR count). The third kappa shape index (κ3) is 3.23. The van der Waals surface area contributed by atoms with Gasteiger partial charge in [0, 0.05) is 14.9 Å². The molecule has 1 aromatic heterocycles. The van der Waals surface area contributed by atoms with E-state index in [-0.39, 0.29) is 6.04 Å². The number of anilines is 1. The van der Waals surface area contributed by atoms with Gasteiger partial charge in [-0.25, -0.2) is 9.97 Å². The summed E-state index contributed by atoms with van der Waals surface area (Å²) in [6, 6.07) is 14.0. The highest BCUT2D eigenvalue weighted by Crippen LogP contribution is 2.27. The summed E-state index contributed by atoms with van der Waals surface area (Å²) >= 11 is 9.55. The van der Waals surface area contributed by atoms with Gasteiger partial charge in [0.15, 0.2) is 0 Å². The Kier molecular flexibility index (Phi) is 4.32. The minimum atomic E-state index is 0.0971. The lowest BCUT2D eigenvalue weighted by Crippen LogP contribution is -2.09. The Labute approximate surface area is 142 Å². The Morgan fingerprint density at radius 2 is 1.95 bits per heavy atom. The maximum Gasteiger partial charge on any atom is 0.138 e. The number of hydrogen-bond acceptors (Lipinski definition) is 3. The molecule has 0 spiro atoms. The van der Waals surface area contributed by atoms with E-state index in [2.05, 4.69) is 44.2 Å². The molecule has 0 aliphatic heterocycles. The molecule has 0 aliphatic carbocycles. The number of nitrogens with one attached hydrogen (secondary N) is 1. The Balaban J connectivity index is 1.99. The van der Waals surface area contributed by atoms with Gasteiger partial charge in [-0.15, -0.1) is 0 Å². The van der Waals surface area contributed by atoms with Crippen LogP contribution in [0.5, 0.6) is 0 Å².